The molecule has 0 bridgehead atoms. The van der Waals surface area contributed by atoms with Crippen LogP contribution in [0.5, 0.6) is 0 Å². The molecule has 96 valence electrons. The van der Waals surface area contributed by atoms with Crippen LogP contribution in [0.25, 0.3) is 0 Å². The lowest BCUT2D eigenvalue weighted by Gasteiger charge is -2.17. The van der Waals surface area contributed by atoms with Gasteiger partial charge in [-0.2, -0.15) is 0 Å². The van der Waals surface area contributed by atoms with Gasteiger partial charge in [-0.05, 0) is 12.8 Å². The highest BCUT2D eigenvalue weighted by atomic mass is 35.5. The van der Waals surface area contributed by atoms with Crippen LogP contribution in [0.2, 0.25) is 0 Å². The van der Waals surface area contributed by atoms with Crippen molar-refractivity contribution < 1.29 is 4.74 Å². The van der Waals surface area contributed by atoms with Gasteiger partial charge in [-0.3, -0.25) is 0 Å². The van der Waals surface area contributed by atoms with Crippen molar-refractivity contribution in [3.63, 3.8) is 0 Å². The molecule has 0 aliphatic rings. The van der Waals surface area contributed by atoms with E-state index in [2.05, 4.69) is 22.2 Å². The fourth-order valence-electron chi connectivity index (χ4n) is 1.61. The van der Waals surface area contributed by atoms with Gasteiger partial charge in [-0.1, -0.05) is 13.3 Å². The van der Waals surface area contributed by atoms with Gasteiger partial charge in [0.25, 0.3) is 0 Å². The molecular formula is C12H20ClN3O. The van der Waals surface area contributed by atoms with Crippen molar-refractivity contribution in [2.45, 2.75) is 32.2 Å². The summed E-state index contributed by atoms with van der Waals surface area (Å²) < 4.78 is 5.14. The van der Waals surface area contributed by atoms with Crippen molar-refractivity contribution in [3.8, 4) is 0 Å². The zero-order valence-electron chi connectivity index (χ0n) is 10.4. The van der Waals surface area contributed by atoms with Gasteiger partial charge in [0.2, 0.25) is 0 Å². The van der Waals surface area contributed by atoms with Crippen LogP contribution in [0, 0.1) is 0 Å². The Bertz CT molecular complexity index is 316. The summed E-state index contributed by atoms with van der Waals surface area (Å²) in [6, 6.07) is 2.18. The van der Waals surface area contributed by atoms with Crippen molar-refractivity contribution in [1.29, 1.82) is 0 Å². The van der Waals surface area contributed by atoms with Crippen LogP contribution >= 0.6 is 11.6 Å². The monoisotopic (exact) mass is 257 g/mol. The average molecular weight is 258 g/mol. The molecule has 1 N–H and O–H groups in total. The van der Waals surface area contributed by atoms with Crippen molar-refractivity contribution in [3.05, 3.63) is 18.1 Å². The molecular weight excluding hydrogens is 238 g/mol. The highest BCUT2D eigenvalue weighted by Crippen LogP contribution is 2.09. The van der Waals surface area contributed by atoms with Gasteiger partial charge in [0.05, 0.1) is 12.6 Å². The molecule has 0 radical (unpaired) electrons. The fraction of sp³-hybridized carbons (Fsp3) is 0.667. The Morgan fingerprint density at radius 2 is 2.29 bits per heavy atom. The number of halogens is 1. The van der Waals surface area contributed by atoms with Gasteiger partial charge in [0.15, 0.2) is 0 Å². The van der Waals surface area contributed by atoms with Crippen LogP contribution < -0.4 is 5.32 Å². The summed E-state index contributed by atoms with van der Waals surface area (Å²) in [6.45, 7) is 2.76. The summed E-state index contributed by atoms with van der Waals surface area (Å²) in [7, 11) is 1.69. The predicted molar refractivity (Wildman–Crippen MR) is 70.7 cm³/mol. The molecule has 0 saturated heterocycles. The number of rotatable bonds is 8. The molecule has 4 nitrogen and oxygen atoms in total. The quantitative estimate of drug-likeness (QED) is 0.727. The van der Waals surface area contributed by atoms with Crippen LogP contribution in [-0.4, -0.2) is 35.6 Å². The molecule has 0 aliphatic heterocycles. The van der Waals surface area contributed by atoms with Crippen molar-refractivity contribution >= 4 is 17.4 Å². The van der Waals surface area contributed by atoms with E-state index < -0.39 is 0 Å². The topological polar surface area (TPSA) is 47.0 Å². The molecule has 1 heterocycles. The first-order chi connectivity index (χ1) is 8.30. The lowest BCUT2D eigenvalue weighted by atomic mass is 10.2. The van der Waals surface area contributed by atoms with E-state index in [0.717, 1.165) is 30.8 Å². The summed E-state index contributed by atoms with van der Waals surface area (Å²) in [5.74, 6) is 1.45. The normalized spacial score (nSPS) is 12.4. The van der Waals surface area contributed by atoms with E-state index >= 15 is 0 Å². The van der Waals surface area contributed by atoms with Crippen LogP contribution in [0.1, 0.15) is 25.5 Å². The molecule has 1 aromatic rings. The first-order valence-corrected chi connectivity index (χ1v) is 6.46. The number of methoxy groups -OCH3 is 1. The summed E-state index contributed by atoms with van der Waals surface area (Å²) in [4.78, 5) is 8.43. The Hall–Kier alpha value is -0.870. The zero-order valence-corrected chi connectivity index (χ0v) is 11.2. The van der Waals surface area contributed by atoms with Crippen molar-refractivity contribution in [1.82, 2.24) is 9.97 Å². The van der Waals surface area contributed by atoms with Gasteiger partial charge in [0, 0.05) is 24.8 Å². The summed E-state index contributed by atoms with van der Waals surface area (Å²) in [5.41, 5.74) is 1.06. The molecule has 0 saturated carbocycles. The van der Waals surface area contributed by atoms with E-state index in [0.29, 0.717) is 12.5 Å². The summed E-state index contributed by atoms with van der Waals surface area (Å²) in [5, 5.41) is 3.32. The van der Waals surface area contributed by atoms with E-state index in [1.54, 1.807) is 13.4 Å². The maximum atomic E-state index is 5.75. The van der Waals surface area contributed by atoms with Gasteiger partial charge in [-0.25, -0.2) is 9.97 Å². The van der Waals surface area contributed by atoms with E-state index in [-0.39, 0.29) is 6.04 Å². The zero-order chi connectivity index (χ0) is 12.5. The molecule has 1 unspecified atom stereocenters. The number of alkyl halides is 1. The number of aryl methyl sites for hydroxylation is 1. The third kappa shape index (κ3) is 5.33. The van der Waals surface area contributed by atoms with Crippen LogP contribution in [-0.2, 0) is 11.2 Å². The Morgan fingerprint density at radius 3 is 2.94 bits per heavy atom. The highest BCUT2D eigenvalue weighted by Gasteiger charge is 2.08. The molecule has 0 amide bonds. The van der Waals surface area contributed by atoms with E-state index in [4.69, 9.17) is 16.3 Å². The Balaban J connectivity index is 2.60. The second-order valence-corrected chi connectivity index (χ2v) is 4.30. The molecule has 0 aromatic carbocycles. The number of ether oxygens (including phenoxy) is 1. The first kappa shape index (κ1) is 14.2. The lowest BCUT2D eigenvalue weighted by molar-refractivity contribution is 0.184. The predicted octanol–water partition coefficient (Wildman–Crippen LogP) is 2.48. The smallest absolute Gasteiger partial charge is 0.129 e. The molecule has 1 rings (SSSR count). The second kappa shape index (κ2) is 8.25. The largest absolute Gasteiger partial charge is 0.383 e. The molecule has 1 aromatic heterocycles. The molecule has 1 atom stereocenters. The van der Waals surface area contributed by atoms with E-state index in [1.165, 1.54) is 0 Å². The maximum Gasteiger partial charge on any atom is 0.129 e. The fourth-order valence-corrected chi connectivity index (χ4v) is 1.87. The van der Waals surface area contributed by atoms with E-state index in [9.17, 15) is 0 Å². The van der Waals surface area contributed by atoms with Gasteiger partial charge in [0.1, 0.15) is 12.1 Å². The van der Waals surface area contributed by atoms with Crippen LogP contribution in [0.4, 0.5) is 5.82 Å². The standard InChI is InChI=1S/C12H20ClN3O/c1-3-4-10-7-12(15-9-14-10)16-11(5-6-13)8-17-2/h7,9,11H,3-6,8H2,1-2H3,(H,14,15,16). The Kier molecular flexibility index (Phi) is 6.89. The van der Waals surface area contributed by atoms with Gasteiger partial charge in [-0.15, -0.1) is 11.6 Å². The third-order valence-corrected chi connectivity index (χ3v) is 2.63. The molecule has 5 heteroatoms. The summed E-state index contributed by atoms with van der Waals surface area (Å²) >= 11 is 5.75. The minimum atomic E-state index is 0.196. The van der Waals surface area contributed by atoms with Crippen LogP contribution in [0.15, 0.2) is 12.4 Å². The molecule has 0 fully saturated rings. The number of anilines is 1. The van der Waals surface area contributed by atoms with Crippen molar-refractivity contribution in [2.24, 2.45) is 0 Å². The number of hydrogen-bond donors (Lipinski definition) is 1. The summed E-state index contributed by atoms with van der Waals surface area (Å²) in [6.07, 6.45) is 4.50. The lowest BCUT2D eigenvalue weighted by Crippen LogP contribution is -2.26. The minimum Gasteiger partial charge on any atom is -0.383 e. The van der Waals surface area contributed by atoms with Crippen LogP contribution in [0.3, 0.4) is 0 Å². The van der Waals surface area contributed by atoms with Gasteiger partial charge >= 0.3 is 0 Å². The first-order valence-electron chi connectivity index (χ1n) is 5.92. The third-order valence-electron chi connectivity index (χ3n) is 2.41. The number of aromatic nitrogens is 2. The number of nitrogens with one attached hydrogen (secondary N) is 1. The van der Waals surface area contributed by atoms with E-state index in [1.807, 2.05) is 6.07 Å². The second-order valence-electron chi connectivity index (χ2n) is 3.92. The van der Waals surface area contributed by atoms with Gasteiger partial charge < -0.3 is 10.1 Å². The molecule has 0 spiro atoms. The number of nitrogens with zero attached hydrogens (tertiary/aromatic N) is 2. The molecule has 0 aliphatic carbocycles. The Morgan fingerprint density at radius 1 is 1.47 bits per heavy atom. The van der Waals surface area contributed by atoms with Crippen molar-refractivity contribution in [2.75, 3.05) is 24.9 Å². The Labute approximate surface area is 108 Å². The number of hydrogen-bond acceptors (Lipinski definition) is 4. The molecule has 17 heavy (non-hydrogen) atoms. The maximum absolute atomic E-state index is 5.75. The highest BCUT2D eigenvalue weighted by molar-refractivity contribution is 6.17. The minimum absolute atomic E-state index is 0.196. The SMILES string of the molecule is CCCc1cc(NC(CCCl)COC)ncn1. The average Bonchev–Trinajstić information content (AvgIpc) is 2.30.